The zero-order valence-electron chi connectivity index (χ0n) is 16.1. The van der Waals surface area contributed by atoms with Gasteiger partial charge < -0.3 is 4.90 Å². The van der Waals surface area contributed by atoms with Crippen molar-refractivity contribution in [3.63, 3.8) is 0 Å². The van der Waals surface area contributed by atoms with E-state index in [4.69, 9.17) is 11.6 Å². The SMILES string of the molecule is O=S(=O)(c1ccc(F)c(Cl)c1)N1CCN(c2nc(Cc3cc(F)cc(F)c3)cs2)CC1. The molecule has 1 saturated heterocycles. The highest BCUT2D eigenvalue weighted by atomic mass is 35.5. The summed E-state index contributed by atoms with van der Waals surface area (Å²) in [5.41, 5.74) is 1.17. The van der Waals surface area contributed by atoms with E-state index in [-0.39, 0.29) is 23.0 Å². The normalized spacial score (nSPS) is 15.4. The van der Waals surface area contributed by atoms with Gasteiger partial charge in [0, 0.05) is 44.0 Å². The summed E-state index contributed by atoms with van der Waals surface area (Å²) in [7, 11) is -3.78. The molecule has 2 heterocycles. The Morgan fingerprint density at radius 3 is 2.32 bits per heavy atom. The predicted molar refractivity (Wildman–Crippen MR) is 114 cm³/mol. The van der Waals surface area contributed by atoms with Crippen LogP contribution in [0.25, 0.3) is 0 Å². The Balaban J connectivity index is 1.41. The lowest BCUT2D eigenvalue weighted by molar-refractivity contribution is 0.384. The maximum atomic E-state index is 13.4. The van der Waals surface area contributed by atoms with Gasteiger partial charge in [-0.2, -0.15) is 4.31 Å². The van der Waals surface area contributed by atoms with Gasteiger partial charge >= 0.3 is 0 Å². The van der Waals surface area contributed by atoms with Gasteiger partial charge in [-0.1, -0.05) is 11.6 Å². The molecule has 0 N–H and O–H groups in total. The van der Waals surface area contributed by atoms with Crippen molar-refractivity contribution in [1.82, 2.24) is 9.29 Å². The Bertz CT molecular complexity index is 1190. The monoisotopic (exact) mass is 487 g/mol. The Labute approximate surface area is 186 Å². The molecular formula is C20H17ClF3N3O2S2. The van der Waals surface area contributed by atoms with Gasteiger partial charge in [0.25, 0.3) is 0 Å². The molecule has 11 heteroatoms. The molecule has 0 unspecified atom stereocenters. The van der Waals surface area contributed by atoms with Crippen LogP contribution in [-0.4, -0.2) is 43.9 Å². The minimum absolute atomic E-state index is 0.0498. The van der Waals surface area contributed by atoms with E-state index in [0.717, 1.165) is 18.2 Å². The highest BCUT2D eigenvalue weighted by Gasteiger charge is 2.30. The Hall–Kier alpha value is -2.14. The number of hydrogen-bond donors (Lipinski definition) is 0. The molecule has 3 aromatic rings. The van der Waals surface area contributed by atoms with Crippen LogP contribution in [-0.2, 0) is 16.4 Å². The molecule has 31 heavy (non-hydrogen) atoms. The van der Waals surface area contributed by atoms with Crippen molar-refractivity contribution in [2.45, 2.75) is 11.3 Å². The van der Waals surface area contributed by atoms with Gasteiger partial charge in [0.1, 0.15) is 17.5 Å². The molecule has 5 nitrogen and oxygen atoms in total. The van der Waals surface area contributed by atoms with Crippen LogP contribution in [0.15, 0.2) is 46.7 Å². The minimum Gasteiger partial charge on any atom is -0.345 e. The number of benzene rings is 2. The summed E-state index contributed by atoms with van der Waals surface area (Å²) in [5.74, 6) is -1.94. The number of halogens is 4. The number of piperazine rings is 1. The standard InChI is InChI=1S/C20H17ClF3N3O2S2/c21-18-11-17(1-2-19(18)24)31(28,29)27-5-3-26(4-6-27)20-25-16(12-30-20)9-13-7-14(22)10-15(23)8-13/h1-2,7-8,10-12H,3-6,9H2. The summed E-state index contributed by atoms with van der Waals surface area (Å²) in [6.45, 7) is 1.33. The maximum absolute atomic E-state index is 13.4. The van der Waals surface area contributed by atoms with Crippen LogP contribution in [0.1, 0.15) is 11.3 Å². The molecule has 164 valence electrons. The third kappa shape index (κ3) is 4.87. The van der Waals surface area contributed by atoms with Crippen LogP contribution >= 0.6 is 22.9 Å². The number of thiazole rings is 1. The molecule has 1 aliphatic heterocycles. The van der Waals surface area contributed by atoms with E-state index < -0.39 is 27.5 Å². The van der Waals surface area contributed by atoms with Crippen LogP contribution in [0.4, 0.5) is 18.3 Å². The van der Waals surface area contributed by atoms with Crippen LogP contribution in [0, 0.1) is 17.5 Å². The summed E-state index contributed by atoms with van der Waals surface area (Å²) in [6, 6.07) is 6.71. The number of rotatable bonds is 5. The summed E-state index contributed by atoms with van der Waals surface area (Å²) in [5, 5.41) is 2.30. The van der Waals surface area contributed by atoms with E-state index in [1.54, 1.807) is 0 Å². The minimum atomic E-state index is -3.78. The summed E-state index contributed by atoms with van der Waals surface area (Å²) < 4.78 is 67.1. The second-order valence-corrected chi connectivity index (χ2v) is 10.2. The number of hydrogen-bond acceptors (Lipinski definition) is 5. The molecule has 0 spiro atoms. The fraction of sp³-hybridized carbons (Fsp3) is 0.250. The van der Waals surface area contributed by atoms with E-state index in [9.17, 15) is 21.6 Å². The molecule has 0 saturated carbocycles. The molecule has 0 aliphatic carbocycles. The van der Waals surface area contributed by atoms with E-state index in [2.05, 4.69) is 4.98 Å². The number of nitrogens with zero attached hydrogens (tertiary/aromatic N) is 3. The molecule has 1 fully saturated rings. The smallest absolute Gasteiger partial charge is 0.243 e. The Kier molecular flexibility index (Phi) is 6.25. The zero-order valence-corrected chi connectivity index (χ0v) is 18.5. The van der Waals surface area contributed by atoms with E-state index in [1.807, 2.05) is 10.3 Å². The van der Waals surface area contributed by atoms with E-state index in [0.29, 0.717) is 35.9 Å². The van der Waals surface area contributed by atoms with Gasteiger partial charge in [-0.3, -0.25) is 0 Å². The first-order valence-electron chi connectivity index (χ1n) is 9.32. The summed E-state index contributed by atoms with van der Waals surface area (Å²) in [6.07, 6.45) is 0.296. The van der Waals surface area contributed by atoms with Crippen LogP contribution in [0.5, 0.6) is 0 Å². The van der Waals surface area contributed by atoms with Gasteiger partial charge in [-0.05, 0) is 35.9 Å². The van der Waals surface area contributed by atoms with Gasteiger partial charge in [0.2, 0.25) is 10.0 Å². The maximum Gasteiger partial charge on any atom is 0.243 e. The van der Waals surface area contributed by atoms with Crippen molar-refractivity contribution in [3.05, 3.63) is 75.5 Å². The third-order valence-electron chi connectivity index (χ3n) is 4.89. The molecule has 0 amide bonds. The molecule has 0 atom stereocenters. The average molecular weight is 488 g/mol. The largest absolute Gasteiger partial charge is 0.345 e. The van der Waals surface area contributed by atoms with Gasteiger partial charge in [-0.15, -0.1) is 11.3 Å². The molecule has 0 bridgehead atoms. The second kappa shape index (κ2) is 8.78. The molecule has 1 aromatic heterocycles. The fourth-order valence-electron chi connectivity index (χ4n) is 3.35. The molecular weight excluding hydrogens is 471 g/mol. The predicted octanol–water partition coefficient (Wildman–Crippen LogP) is 4.32. The topological polar surface area (TPSA) is 53.5 Å². The van der Waals surface area contributed by atoms with E-state index in [1.165, 1.54) is 33.8 Å². The van der Waals surface area contributed by atoms with Crippen molar-refractivity contribution in [1.29, 1.82) is 0 Å². The van der Waals surface area contributed by atoms with Crippen LogP contribution in [0.3, 0.4) is 0 Å². The Morgan fingerprint density at radius 2 is 1.68 bits per heavy atom. The van der Waals surface area contributed by atoms with E-state index >= 15 is 0 Å². The number of sulfonamides is 1. The van der Waals surface area contributed by atoms with Crippen molar-refractivity contribution >= 4 is 38.1 Å². The summed E-state index contributed by atoms with van der Waals surface area (Å²) in [4.78, 5) is 6.44. The van der Waals surface area contributed by atoms with Gasteiger partial charge in [-0.25, -0.2) is 26.6 Å². The highest BCUT2D eigenvalue weighted by Crippen LogP contribution is 2.27. The molecule has 0 radical (unpaired) electrons. The van der Waals surface area contributed by atoms with Crippen molar-refractivity contribution < 1.29 is 21.6 Å². The fourth-order valence-corrected chi connectivity index (χ4v) is 5.92. The highest BCUT2D eigenvalue weighted by molar-refractivity contribution is 7.89. The number of anilines is 1. The summed E-state index contributed by atoms with van der Waals surface area (Å²) >= 11 is 7.12. The lowest BCUT2D eigenvalue weighted by atomic mass is 10.1. The second-order valence-electron chi connectivity index (χ2n) is 7.04. The average Bonchev–Trinajstić information content (AvgIpc) is 3.17. The first kappa shape index (κ1) is 22.1. The van der Waals surface area contributed by atoms with Crippen molar-refractivity contribution in [2.24, 2.45) is 0 Å². The van der Waals surface area contributed by atoms with Gasteiger partial charge in [0.15, 0.2) is 5.13 Å². The van der Waals surface area contributed by atoms with Gasteiger partial charge in [0.05, 0.1) is 15.6 Å². The molecule has 4 rings (SSSR count). The first-order valence-corrected chi connectivity index (χ1v) is 12.0. The van der Waals surface area contributed by atoms with Crippen molar-refractivity contribution in [3.8, 4) is 0 Å². The Morgan fingerprint density at radius 1 is 1.00 bits per heavy atom. The lowest BCUT2D eigenvalue weighted by Crippen LogP contribution is -2.48. The third-order valence-corrected chi connectivity index (χ3v) is 8.02. The molecule has 1 aliphatic rings. The zero-order chi connectivity index (χ0) is 22.2. The quantitative estimate of drug-likeness (QED) is 0.538. The van der Waals surface area contributed by atoms with Crippen LogP contribution in [0.2, 0.25) is 5.02 Å². The molecule has 2 aromatic carbocycles. The van der Waals surface area contributed by atoms with Crippen LogP contribution < -0.4 is 4.90 Å². The lowest BCUT2D eigenvalue weighted by Gasteiger charge is -2.33. The number of aromatic nitrogens is 1. The first-order chi connectivity index (χ1) is 14.7. The van der Waals surface area contributed by atoms with Crippen molar-refractivity contribution in [2.75, 3.05) is 31.1 Å².